The predicted molar refractivity (Wildman–Crippen MR) is 52.7 cm³/mol. The molecule has 0 nitrogen and oxygen atoms in total. The zero-order valence-corrected chi connectivity index (χ0v) is 8.64. The Bertz CT molecular complexity index is 110. The number of hydrogen-bond donors (Lipinski definition) is 0. The normalized spacial score (nSPS) is 52.9. The van der Waals surface area contributed by atoms with E-state index in [2.05, 4.69) is 13.8 Å². The molecule has 0 N–H and O–H groups in total. The van der Waals surface area contributed by atoms with Crippen molar-refractivity contribution in [3.8, 4) is 0 Å². The van der Waals surface area contributed by atoms with Gasteiger partial charge < -0.3 is 0 Å². The molecule has 0 aliphatic carbocycles. The van der Waals surface area contributed by atoms with Gasteiger partial charge in [0.1, 0.15) is 0 Å². The Morgan fingerprint density at radius 1 is 0.818 bits per heavy atom. The fraction of sp³-hybridized carbons (Fsp3) is 1.00. The molecule has 0 spiro atoms. The largest absolute Gasteiger partial charge is 0.116 e. The van der Waals surface area contributed by atoms with Crippen molar-refractivity contribution in [3.05, 3.63) is 0 Å². The van der Waals surface area contributed by atoms with Crippen molar-refractivity contribution in [1.82, 2.24) is 0 Å². The van der Waals surface area contributed by atoms with Gasteiger partial charge in [-0.05, 0) is 48.8 Å². The first kappa shape index (κ1) is 8.05. The molecule has 0 aromatic rings. The van der Waals surface area contributed by atoms with E-state index < -0.39 is 0 Å². The Balaban J connectivity index is 2.00. The van der Waals surface area contributed by atoms with Gasteiger partial charge in [0.15, 0.2) is 0 Å². The highest BCUT2D eigenvalue weighted by Crippen LogP contribution is 2.49. The number of rotatable bonds is 0. The predicted octanol–water partition coefficient (Wildman–Crippen LogP) is 3.26. The third-order valence-corrected chi connectivity index (χ3v) is 5.10. The standard InChI is InChI=1S/C10H19P/c1-7-3-9-5-8(2)6-10(4-7)11-9/h7-11H,3-6H2,1-2H3. The Hall–Kier alpha value is 0.430. The van der Waals surface area contributed by atoms with E-state index in [1.54, 1.807) is 25.7 Å². The molecule has 0 atom stereocenters. The van der Waals surface area contributed by atoms with Crippen molar-refractivity contribution in [2.45, 2.75) is 50.8 Å². The summed E-state index contributed by atoms with van der Waals surface area (Å²) in [5, 5.41) is 0. The SMILES string of the molecule is CC1CC2CC(C)CC(C1)P2. The second-order valence-corrected chi connectivity index (χ2v) is 6.68. The molecule has 2 aliphatic heterocycles. The highest BCUT2D eigenvalue weighted by atomic mass is 31.1. The van der Waals surface area contributed by atoms with Crippen LogP contribution in [0.2, 0.25) is 0 Å². The van der Waals surface area contributed by atoms with Gasteiger partial charge in [0.2, 0.25) is 0 Å². The summed E-state index contributed by atoms with van der Waals surface area (Å²) in [5.74, 6) is 2.08. The summed E-state index contributed by atoms with van der Waals surface area (Å²) < 4.78 is 0. The van der Waals surface area contributed by atoms with Gasteiger partial charge in [-0.3, -0.25) is 0 Å². The lowest BCUT2D eigenvalue weighted by atomic mass is 9.86. The first-order valence-electron chi connectivity index (χ1n) is 5.00. The minimum Gasteiger partial charge on any atom is -0.116 e. The van der Waals surface area contributed by atoms with Crippen LogP contribution in [0.4, 0.5) is 0 Å². The van der Waals surface area contributed by atoms with Crippen LogP contribution in [0.15, 0.2) is 0 Å². The van der Waals surface area contributed by atoms with Gasteiger partial charge in [-0.2, -0.15) is 0 Å². The summed E-state index contributed by atoms with van der Waals surface area (Å²) in [7, 11) is 1.33. The van der Waals surface area contributed by atoms with E-state index in [0.29, 0.717) is 0 Å². The Kier molecular flexibility index (Phi) is 2.23. The molecule has 2 bridgehead atoms. The minimum absolute atomic E-state index is 1.04. The summed E-state index contributed by atoms with van der Waals surface area (Å²) in [5.41, 5.74) is 2.26. The number of fused-ring (bicyclic) bond motifs is 2. The van der Waals surface area contributed by atoms with Crippen molar-refractivity contribution in [3.63, 3.8) is 0 Å². The molecule has 0 aromatic carbocycles. The molecular formula is C10H19P. The first-order valence-corrected chi connectivity index (χ1v) is 6.15. The van der Waals surface area contributed by atoms with Crippen LogP contribution in [0.5, 0.6) is 0 Å². The highest BCUT2D eigenvalue weighted by molar-refractivity contribution is 7.40. The van der Waals surface area contributed by atoms with Gasteiger partial charge in [0.05, 0.1) is 0 Å². The van der Waals surface area contributed by atoms with Crippen molar-refractivity contribution in [2.75, 3.05) is 0 Å². The lowest BCUT2D eigenvalue weighted by molar-refractivity contribution is 0.332. The summed E-state index contributed by atoms with van der Waals surface area (Å²) in [6, 6.07) is 0. The zero-order valence-electron chi connectivity index (χ0n) is 7.64. The molecule has 0 radical (unpaired) electrons. The number of hydrogen-bond acceptors (Lipinski definition) is 0. The fourth-order valence-corrected chi connectivity index (χ4v) is 5.75. The van der Waals surface area contributed by atoms with Crippen LogP contribution in [0.25, 0.3) is 0 Å². The van der Waals surface area contributed by atoms with E-state index >= 15 is 0 Å². The van der Waals surface area contributed by atoms with Gasteiger partial charge in [-0.25, -0.2) is 0 Å². The van der Waals surface area contributed by atoms with E-state index in [9.17, 15) is 0 Å². The van der Waals surface area contributed by atoms with E-state index in [4.69, 9.17) is 0 Å². The van der Waals surface area contributed by atoms with E-state index in [0.717, 1.165) is 23.2 Å². The maximum Gasteiger partial charge on any atom is -0.0229 e. The molecule has 0 amide bonds. The van der Waals surface area contributed by atoms with E-state index in [1.165, 1.54) is 8.58 Å². The molecule has 2 saturated heterocycles. The summed E-state index contributed by atoms with van der Waals surface area (Å²) >= 11 is 0. The molecule has 2 rings (SSSR count). The van der Waals surface area contributed by atoms with Crippen LogP contribution in [0, 0.1) is 11.8 Å². The molecular weight excluding hydrogens is 151 g/mol. The van der Waals surface area contributed by atoms with Gasteiger partial charge in [-0.1, -0.05) is 13.8 Å². The summed E-state index contributed by atoms with van der Waals surface area (Å²) in [6.45, 7) is 4.89. The first-order chi connectivity index (χ1) is 5.24. The molecule has 11 heavy (non-hydrogen) atoms. The molecule has 0 unspecified atom stereocenters. The average molecular weight is 170 g/mol. The molecule has 0 aromatic heterocycles. The van der Waals surface area contributed by atoms with Crippen molar-refractivity contribution < 1.29 is 0 Å². The topological polar surface area (TPSA) is 0 Å². The van der Waals surface area contributed by atoms with Crippen LogP contribution >= 0.6 is 8.58 Å². The zero-order chi connectivity index (χ0) is 7.84. The third-order valence-electron chi connectivity index (χ3n) is 3.22. The Labute approximate surface area is 71.9 Å². The van der Waals surface area contributed by atoms with E-state index in [-0.39, 0.29) is 0 Å². The van der Waals surface area contributed by atoms with Gasteiger partial charge in [0, 0.05) is 0 Å². The van der Waals surface area contributed by atoms with Crippen LogP contribution in [0.1, 0.15) is 39.5 Å². The quantitative estimate of drug-likeness (QED) is 0.489. The van der Waals surface area contributed by atoms with Gasteiger partial charge in [0.25, 0.3) is 0 Å². The van der Waals surface area contributed by atoms with Gasteiger partial charge >= 0.3 is 0 Å². The van der Waals surface area contributed by atoms with Crippen molar-refractivity contribution in [2.24, 2.45) is 11.8 Å². The Morgan fingerprint density at radius 2 is 1.18 bits per heavy atom. The summed E-state index contributed by atoms with van der Waals surface area (Å²) in [6.07, 6.45) is 6.16. The molecule has 64 valence electrons. The monoisotopic (exact) mass is 170 g/mol. The van der Waals surface area contributed by atoms with Crippen molar-refractivity contribution >= 4 is 8.58 Å². The van der Waals surface area contributed by atoms with Crippen LogP contribution in [-0.2, 0) is 0 Å². The lowest BCUT2D eigenvalue weighted by Crippen LogP contribution is -2.29. The van der Waals surface area contributed by atoms with Crippen molar-refractivity contribution in [1.29, 1.82) is 0 Å². The maximum absolute atomic E-state index is 2.44. The average Bonchev–Trinajstić information content (AvgIpc) is 1.82. The lowest BCUT2D eigenvalue weighted by Gasteiger charge is -2.40. The van der Waals surface area contributed by atoms with Gasteiger partial charge in [-0.15, -0.1) is 8.58 Å². The molecule has 0 saturated carbocycles. The molecule has 2 heterocycles. The smallest absolute Gasteiger partial charge is 0.0229 e. The summed E-state index contributed by atoms with van der Waals surface area (Å²) in [4.78, 5) is 0. The van der Waals surface area contributed by atoms with E-state index in [1.807, 2.05) is 0 Å². The maximum atomic E-state index is 2.44. The highest BCUT2D eigenvalue weighted by Gasteiger charge is 2.32. The Morgan fingerprint density at radius 3 is 1.55 bits per heavy atom. The van der Waals surface area contributed by atoms with Crippen LogP contribution in [-0.4, -0.2) is 11.3 Å². The second-order valence-electron chi connectivity index (χ2n) is 4.71. The van der Waals surface area contributed by atoms with Crippen LogP contribution in [0.3, 0.4) is 0 Å². The third kappa shape index (κ3) is 1.78. The minimum atomic E-state index is 1.04. The second kappa shape index (κ2) is 3.05. The molecule has 1 heteroatoms. The molecule has 2 aliphatic rings. The van der Waals surface area contributed by atoms with Crippen LogP contribution < -0.4 is 0 Å². The molecule has 2 fully saturated rings. The fourth-order valence-electron chi connectivity index (χ4n) is 2.93.